The number of ketones is 1. The first-order chi connectivity index (χ1) is 13.8. The van der Waals surface area contributed by atoms with Crippen LogP contribution in [0.4, 0.5) is 0 Å². The number of fused-ring (bicyclic) bond motifs is 1. The molecule has 0 saturated heterocycles. The Hall–Kier alpha value is -3.33. The van der Waals surface area contributed by atoms with Crippen molar-refractivity contribution in [3.63, 3.8) is 0 Å². The van der Waals surface area contributed by atoms with Gasteiger partial charge in [-0.2, -0.15) is 0 Å². The molecule has 1 aromatic carbocycles. The lowest BCUT2D eigenvalue weighted by Crippen LogP contribution is -2.09. The van der Waals surface area contributed by atoms with Crippen LogP contribution in [0.3, 0.4) is 0 Å². The van der Waals surface area contributed by atoms with E-state index in [4.69, 9.17) is 0 Å². The standard InChI is InChI=1S/C20H19N5O3S/c1-14-12-24(2)20(23-14)29(27,28)17-6-3-15(4-7-17)5-8-18(26)16-11-22-19-21-9-10-25(19)13-16/h3-4,6-7,9-13H,5,8H2,1-2H3. The van der Waals surface area contributed by atoms with Crippen LogP contribution in [0.1, 0.15) is 28.0 Å². The summed E-state index contributed by atoms with van der Waals surface area (Å²) in [6, 6.07) is 6.57. The van der Waals surface area contributed by atoms with Crippen LogP contribution in [0, 0.1) is 6.92 Å². The largest absolute Gasteiger partial charge is 0.324 e. The van der Waals surface area contributed by atoms with Gasteiger partial charge in [0.25, 0.3) is 0 Å². The molecule has 0 aliphatic rings. The molecule has 29 heavy (non-hydrogen) atoms. The smallest absolute Gasteiger partial charge is 0.240 e. The summed E-state index contributed by atoms with van der Waals surface area (Å²) in [5.74, 6) is 0.509. The number of hydrogen-bond donors (Lipinski definition) is 0. The monoisotopic (exact) mass is 409 g/mol. The Bertz CT molecular complexity index is 1300. The van der Waals surface area contributed by atoms with Crippen molar-refractivity contribution in [2.75, 3.05) is 0 Å². The van der Waals surface area contributed by atoms with Gasteiger partial charge in [-0.25, -0.2) is 23.4 Å². The summed E-state index contributed by atoms with van der Waals surface area (Å²) in [5, 5.41) is 0.0142. The summed E-state index contributed by atoms with van der Waals surface area (Å²) in [7, 11) is -2.03. The van der Waals surface area contributed by atoms with Crippen molar-refractivity contribution >= 4 is 21.4 Å². The maximum atomic E-state index is 12.8. The molecule has 3 heterocycles. The number of aromatic nitrogens is 5. The van der Waals surface area contributed by atoms with Crippen LogP contribution in [0.5, 0.6) is 0 Å². The zero-order valence-electron chi connectivity index (χ0n) is 16.0. The van der Waals surface area contributed by atoms with E-state index in [0.29, 0.717) is 29.9 Å². The lowest BCUT2D eigenvalue weighted by molar-refractivity contribution is 0.0982. The molecule has 0 saturated carbocycles. The molecule has 0 atom stereocenters. The van der Waals surface area contributed by atoms with Gasteiger partial charge in [-0.05, 0) is 31.0 Å². The Labute approximate surface area is 167 Å². The second kappa shape index (κ2) is 7.25. The Balaban J connectivity index is 1.46. The minimum atomic E-state index is -3.69. The Morgan fingerprint density at radius 3 is 2.55 bits per heavy atom. The minimum absolute atomic E-state index is 0.0142. The molecule has 9 heteroatoms. The predicted molar refractivity (Wildman–Crippen MR) is 105 cm³/mol. The van der Waals surface area contributed by atoms with Crippen molar-refractivity contribution in [2.24, 2.45) is 7.05 Å². The van der Waals surface area contributed by atoms with Gasteiger partial charge in [0.05, 0.1) is 16.2 Å². The van der Waals surface area contributed by atoms with Gasteiger partial charge < -0.3 is 4.57 Å². The summed E-state index contributed by atoms with van der Waals surface area (Å²) in [4.78, 5) is 24.9. The highest BCUT2D eigenvalue weighted by Gasteiger charge is 2.23. The lowest BCUT2D eigenvalue weighted by atomic mass is 10.0. The number of sulfone groups is 1. The van der Waals surface area contributed by atoms with Gasteiger partial charge in [0.15, 0.2) is 5.78 Å². The van der Waals surface area contributed by atoms with Gasteiger partial charge in [-0.1, -0.05) is 12.1 Å². The summed E-state index contributed by atoms with van der Waals surface area (Å²) in [6.07, 6.45) is 9.06. The zero-order valence-corrected chi connectivity index (χ0v) is 16.8. The van der Waals surface area contributed by atoms with Gasteiger partial charge in [0, 0.05) is 44.5 Å². The molecule has 8 nitrogen and oxygen atoms in total. The van der Waals surface area contributed by atoms with Crippen molar-refractivity contribution in [3.05, 3.63) is 72.1 Å². The molecule has 0 bridgehead atoms. The summed E-state index contributed by atoms with van der Waals surface area (Å²) in [5.41, 5.74) is 2.04. The first kappa shape index (κ1) is 19.0. The first-order valence-electron chi connectivity index (χ1n) is 9.00. The van der Waals surface area contributed by atoms with Crippen LogP contribution < -0.4 is 0 Å². The van der Waals surface area contributed by atoms with E-state index < -0.39 is 9.84 Å². The van der Waals surface area contributed by atoms with E-state index in [1.54, 1.807) is 67.4 Å². The Morgan fingerprint density at radius 1 is 1.10 bits per heavy atom. The lowest BCUT2D eigenvalue weighted by Gasteiger charge is -2.06. The fraction of sp³-hybridized carbons (Fsp3) is 0.200. The van der Waals surface area contributed by atoms with E-state index in [-0.39, 0.29) is 15.8 Å². The highest BCUT2D eigenvalue weighted by Crippen LogP contribution is 2.21. The normalized spacial score (nSPS) is 11.8. The highest BCUT2D eigenvalue weighted by molar-refractivity contribution is 7.91. The second-order valence-corrected chi connectivity index (χ2v) is 8.67. The molecule has 0 aliphatic heterocycles. The maximum Gasteiger partial charge on any atom is 0.240 e. The number of nitrogens with zero attached hydrogens (tertiary/aromatic N) is 5. The van der Waals surface area contributed by atoms with E-state index >= 15 is 0 Å². The van der Waals surface area contributed by atoms with Crippen LogP contribution >= 0.6 is 0 Å². The van der Waals surface area contributed by atoms with E-state index in [1.165, 1.54) is 10.8 Å². The maximum absolute atomic E-state index is 12.8. The summed E-state index contributed by atoms with van der Waals surface area (Å²) < 4.78 is 28.7. The van der Waals surface area contributed by atoms with Crippen molar-refractivity contribution in [2.45, 2.75) is 29.8 Å². The zero-order chi connectivity index (χ0) is 20.6. The van der Waals surface area contributed by atoms with Crippen molar-refractivity contribution in [3.8, 4) is 0 Å². The van der Waals surface area contributed by atoms with E-state index in [0.717, 1.165) is 5.56 Å². The van der Waals surface area contributed by atoms with Crippen LogP contribution in [0.2, 0.25) is 0 Å². The molecular formula is C20H19N5O3S. The molecule has 4 rings (SSSR count). The fourth-order valence-electron chi connectivity index (χ4n) is 3.15. The van der Waals surface area contributed by atoms with Crippen LogP contribution in [-0.2, 0) is 23.3 Å². The van der Waals surface area contributed by atoms with Crippen LogP contribution in [0.15, 0.2) is 65.3 Å². The molecule has 0 fully saturated rings. The number of Topliss-reactive ketones (excluding diaryl/α,β-unsaturated/α-hetero) is 1. The molecule has 0 N–H and O–H groups in total. The van der Waals surface area contributed by atoms with Gasteiger partial charge in [0.2, 0.25) is 20.8 Å². The topological polar surface area (TPSA) is 99.2 Å². The van der Waals surface area contributed by atoms with Crippen LogP contribution in [0.25, 0.3) is 5.78 Å². The molecule has 148 valence electrons. The van der Waals surface area contributed by atoms with E-state index in [1.807, 2.05) is 0 Å². The van der Waals surface area contributed by atoms with E-state index in [2.05, 4.69) is 15.0 Å². The van der Waals surface area contributed by atoms with Gasteiger partial charge >= 0.3 is 0 Å². The third-order valence-corrected chi connectivity index (χ3v) is 6.39. The van der Waals surface area contributed by atoms with Crippen LogP contribution in [-0.4, -0.2) is 38.1 Å². The molecule has 3 aromatic heterocycles. The van der Waals surface area contributed by atoms with Crippen molar-refractivity contribution < 1.29 is 13.2 Å². The predicted octanol–water partition coefficient (Wildman–Crippen LogP) is 2.42. The van der Waals surface area contributed by atoms with Crippen molar-refractivity contribution in [1.29, 1.82) is 0 Å². The molecule has 0 spiro atoms. The number of imidazole rings is 2. The molecule has 4 aromatic rings. The van der Waals surface area contributed by atoms with E-state index in [9.17, 15) is 13.2 Å². The van der Waals surface area contributed by atoms with Gasteiger partial charge in [-0.15, -0.1) is 0 Å². The molecule has 0 aliphatic carbocycles. The molecule has 0 amide bonds. The number of carbonyl (C=O) groups is 1. The Kier molecular flexibility index (Phi) is 4.75. The SMILES string of the molecule is Cc1cn(C)c(S(=O)(=O)c2ccc(CCC(=O)c3cnc4nccn4c3)cc2)n1. The third kappa shape index (κ3) is 3.68. The minimum Gasteiger partial charge on any atom is -0.324 e. The fourth-order valence-corrected chi connectivity index (χ4v) is 4.55. The molecular weight excluding hydrogens is 390 g/mol. The van der Waals surface area contributed by atoms with Gasteiger partial charge in [0.1, 0.15) is 0 Å². The summed E-state index contributed by atoms with van der Waals surface area (Å²) in [6.45, 7) is 1.75. The average molecular weight is 409 g/mol. The average Bonchev–Trinajstić information content (AvgIpc) is 3.31. The molecule has 0 radical (unpaired) electrons. The number of benzene rings is 1. The number of rotatable bonds is 6. The number of hydrogen-bond acceptors (Lipinski definition) is 6. The number of aryl methyl sites for hydroxylation is 3. The summed E-state index contributed by atoms with van der Waals surface area (Å²) >= 11 is 0. The van der Waals surface area contributed by atoms with Crippen molar-refractivity contribution in [1.82, 2.24) is 23.9 Å². The first-order valence-corrected chi connectivity index (χ1v) is 10.5. The van der Waals surface area contributed by atoms with Gasteiger partial charge in [-0.3, -0.25) is 9.20 Å². The second-order valence-electron chi connectivity index (χ2n) is 6.82. The highest BCUT2D eigenvalue weighted by atomic mass is 32.2. The Morgan fingerprint density at radius 2 is 1.86 bits per heavy atom. The number of carbonyl (C=O) groups excluding carboxylic acids is 1. The molecule has 0 unspecified atom stereocenters. The third-order valence-electron chi connectivity index (χ3n) is 4.64. The quantitative estimate of drug-likeness (QED) is 0.454.